The summed E-state index contributed by atoms with van der Waals surface area (Å²) in [5, 5.41) is 8.98. The molecule has 0 bridgehead atoms. The smallest absolute Gasteiger partial charge is 0.227 e. The molecule has 122 valence electrons. The van der Waals surface area contributed by atoms with E-state index in [0.29, 0.717) is 24.5 Å². The first-order valence-corrected chi connectivity index (χ1v) is 8.05. The number of anilines is 1. The van der Waals surface area contributed by atoms with Gasteiger partial charge in [0, 0.05) is 38.2 Å². The van der Waals surface area contributed by atoms with E-state index in [1.807, 2.05) is 47.7 Å². The van der Waals surface area contributed by atoms with Crippen molar-refractivity contribution in [2.24, 2.45) is 7.05 Å². The van der Waals surface area contributed by atoms with Crippen LogP contribution in [0.1, 0.15) is 11.4 Å². The van der Waals surface area contributed by atoms with Gasteiger partial charge in [-0.2, -0.15) is 0 Å². The van der Waals surface area contributed by atoms with Gasteiger partial charge in [0.15, 0.2) is 0 Å². The molecule has 1 aliphatic heterocycles. The molecule has 7 heteroatoms. The van der Waals surface area contributed by atoms with Crippen LogP contribution in [0.3, 0.4) is 0 Å². The molecule has 0 N–H and O–H groups in total. The fourth-order valence-electron chi connectivity index (χ4n) is 2.72. The summed E-state index contributed by atoms with van der Waals surface area (Å²) < 4.78 is 1.98. The molecule has 2 aromatic rings. The van der Waals surface area contributed by atoms with Crippen molar-refractivity contribution in [2.75, 3.05) is 31.1 Å². The van der Waals surface area contributed by atoms with Crippen LogP contribution in [0.4, 0.5) is 5.95 Å². The fraction of sp³-hybridized carbons (Fsp3) is 0.438. The maximum Gasteiger partial charge on any atom is 0.227 e. The van der Waals surface area contributed by atoms with Crippen LogP contribution in [0.5, 0.6) is 0 Å². The van der Waals surface area contributed by atoms with Crippen molar-refractivity contribution < 1.29 is 4.79 Å². The summed E-state index contributed by atoms with van der Waals surface area (Å²) in [6, 6.07) is 7.44. The second-order valence-electron chi connectivity index (χ2n) is 5.78. The highest BCUT2D eigenvalue weighted by molar-refractivity contribution is 6.30. The van der Waals surface area contributed by atoms with Gasteiger partial charge in [0.2, 0.25) is 11.9 Å². The van der Waals surface area contributed by atoms with Gasteiger partial charge < -0.3 is 14.4 Å². The van der Waals surface area contributed by atoms with Crippen LogP contribution in [0.15, 0.2) is 24.3 Å². The maximum absolute atomic E-state index is 12.4. The Labute approximate surface area is 140 Å². The van der Waals surface area contributed by atoms with Gasteiger partial charge in [0.25, 0.3) is 0 Å². The average molecular weight is 334 g/mol. The Balaban J connectivity index is 1.57. The number of rotatable bonds is 3. The van der Waals surface area contributed by atoms with E-state index in [1.165, 1.54) is 0 Å². The van der Waals surface area contributed by atoms with E-state index in [1.54, 1.807) is 0 Å². The molecule has 1 fully saturated rings. The lowest BCUT2D eigenvalue weighted by Crippen LogP contribution is -2.49. The number of piperazine rings is 1. The first-order valence-electron chi connectivity index (χ1n) is 7.68. The summed E-state index contributed by atoms with van der Waals surface area (Å²) in [4.78, 5) is 16.5. The maximum atomic E-state index is 12.4. The molecular weight excluding hydrogens is 314 g/mol. The molecule has 0 aliphatic carbocycles. The van der Waals surface area contributed by atoms with Gasteiger partial charge in [0.1, 0.15) is 5.82 Å². The standard InChI is InChI=1S/C16H20ClN5O/c1-12-18-19-16(20(12)2)22-9-7-21(8-10-22)15(23)11-13-3-5-14(17)6-4-13/h3-6H,7-11H2,1-2H3. The first-order chi connectivity index (χ1) is 11.0. The lowest BCUT2D eigenvalue weighted by molar-refractivity contribution is -0.130. The Morgan fingerprint density at radius 3 is 2.35 bits per heavy atom. The number of benzene rings is 1. The van der Waals surface area contributed by atoms with Crippen LogP contribution < -0.4 is 4.90 Å². The number of halogens is 1. The van der Waals surface area contributed by atoms with Crippen LogP contribution in [0.25, 0.3) is 0 Å². The second kappa shape index (κ2) is 6.58. The normalized spacial score (nSPS) is 15.1. The first kappa shape index (κ1) is 15.8. The minimum atomic E-state index is 0.154. The predicted molar refractivity (Wildman–Crippen MR) is 89.7 cm³/mol. The van der Waals surface area contributed by atoms with E-state index < -0.39 is 0 Å². The number of nitrogens with zero attached hydrogens (tertiary/aromatic N) is 5. The zero-order chi connectivity index (χ0) is 16.4. The SMILES string of the molecule is Cc1nnc(N2CCN(C(=O)Cc3ccc(Cl)cc3)CC2)n1C. The average Bonchev–Trinajstić information content (AvgIpc) is 2.89. The number of aromatic nitrogens is 3. The molecule has 23 heavy (non-hydrogen) atoms. The third-order valence-electron chi connectivity index (χ3n) is 4.25. The van der Waals surface area contributed by atoms with Gasteiger partial charge in [0.05, 0.1) is 6.42 Å². The molecule has 1 aromatic heterocycles. The summed E-state index contributed by atoms with van der Waals surface area (Å²) in [6.45, 7) is 4.90. The molecule has 0 atom stereocenters. The Kier molecular flexibility index (Phi) is 4.52. The van der Waals surface area contributed by atoms with Gasteiger partial charge in [-0.25, -0.2) is 0 Å². The molecule has 1 aliphatic rings. The van der Waals surface area contributed by atoms with E-state index in [4.69, 9.17) is 11.6 Å². The van der Waals surface area contributed by atoms with E-state index in [9.17, 15) is 4.79 Å². The number of hydrogen-bond donors (Lipinski definition) is 0. The van der Waals surface area contributed by atoms with Gasteiger partial charge in [-0.15, -0.1) is 10.2 Å². The number of amides is 1. The Morgan fingerprint density at radius 2 is 1.78 bits per heavy atom. The molecule has 0 radical (unpaired) electrons. The minimum Gasteiger partial charge on any atom is -0.339 e. The highest BCUT2D eigenvalue weighted by atomic mass is 35.5. The number of carbonyl (C=O) groups is 1. The Hall–Kier alpha value is -2.08. The minimum absolute atomic E-state index is 0.154. The highest BCUT2D eigenvalue weighted by Crippen LogP contribution is 2.15. The summed E-state index contributed by atoms with van der Waals surface area (Å²) in [5.74, 6) is 1.91. The van der Waals surface area contributed by atoms with E-state index in [2.05, 4.69) is 15.1 Å². The molecule has 1 aromatic carbocycles. The quantitative estimate of drug-likeness (QED) is 0.857. The predicted octanol–water partition coefficient (Wildman–Crippen LogP) is 1.67. The molecule has 6 nitrogen and oxygen atoms in total. The molecule has 3 rings (SSSR count). The van der Waals surface area contributed by atoms with Crippen LogP contribution >= 0.6 is 11.6 Å². The van der Waals surface area contributed by atoms with Crippen LogP contribution in [-0.2, 0) is 18.3 Å². The van der Waals surface area contributed by atoms with Gasteiger partial charge >= 0.3 is 0 Å². The van der Waals surface area contributed by atoms with E-state index in [-0.39, 0.29) is 5.91 Å². The fourth-order valence-corrected chi connectivity index (χ4v) is 2.84. The lowest BCUT2D eigenvalue weighted by atomic mass is 10.1. The molecule has 0 saturated carbocycles. The third-order valence-corrected chi connectivity index (χ3v) is 4.51. The van der Waals surface area contributed by atoms with Crippen molar-refractivity contribution in [3.63, 3.8) is 0 Å². The molecule has 0 unspecified atom stereocenters. The summed E-state index contributed by atoms with van der Waals surface area (Å²) in [7, 11) is 1.96. The zero-order valence-electron chi connectivity index (χ0n) is 13.4. The zero-order valence-corrected chi connectivity index (χ0v) is 14.1. The molecule has 1 amide bonds. The second-order valence-corrected chi connectivity index (χ2v) is 6.21. The molecule has 0 spiro atoms. The van der Waals surface area contributed by atoms with Gasteiger partial charge in [-0.3, -0.25) is 4.79 Å². The van der Waals surface area contributed by atoms with Crippen molar-refractivity contribution in [3.8, 4) is 0 Å². The lowest BCUT2D eigenvalue weighted by Gasteiger charge is -2.35. The summed E-state index contributed by atoms with van der Waals surface area (Å²) in [6.07, 6.45) is 0.417. The highest BCUT2D eigenvalue weighted by Gasteiger charge is 2.23. The van der Waals surface area contributed by atoms with E-state index >= 15 is 0 Å². The van der Waals surface area contributed by atoms with Crippen LogP contribution in [0.2, 0.25) is 5.02 Å². The van der Waals surface area contributed by atoms with E-state index in [0.717, 1.165) is 30.4 Å². The van der Waals surface area contributed by atoms with Gasteiger partial charge in [-0.05, 0) is 24.6 Å². The molecule has 2 heterocycles. The Bertz CT molecular complexity index is 689. The number of aryl methyl sites for hydroxylation is 1. The molecule has 1 saturated heterocycles. The van der Waals surface area contributed by atoms with Crippen molar-refractivity contribution >= 4 is 23.5 Å². The Morgan fingerprint density at radius 1 is 1.13 bits per heavy atom. The van der Waals surface area contributed by atoms with Crippen molar-refractivity contribution in [1.82, 2.24) is 19.7 Å². The number of carbonyl (C=O) groups excluding carboxylic acids is 1. The molecular formula is C16H20ClN5O. The van der Waals surface area contributed by atoms with Crippen LogP contribution in [0, 0.1) is 6.92 Å². The van der Waals surface area contributed by atoms with Crippen molar-refractivity contribution in [1.29, 1.82) is 0 Å². The van der Waals surface area contributed by atoms with Crippen molar-refractivity contribution in [3.05, 3.63) is 40.7 Å². The summed E-state index contributed by atoms with van der Waals surface area (Å²) >= 11 is 5.87. The number of hydrogen-bond acceptors (Lipinski definition) is 4. The van der Waals surface area contributed by atoms with Crippen LogP contribution in [-0.4, -0.2) is 51.8 Å². The monoisotopic (exact) mass is 333 g/mol. The topological polar surface area (TPSA) is 54.3 Å². The van der Waals surface area contributed by atoms with Crippen molar-refractivity contribution in [2.45, 2.75) is 13.3 Å². The van der Waals surface area contributed by atoms with Gasteiger partial charge in [-0.1, -0.05) is 23.7 Å². The third kappa shape index (κ3) is 3.47. The largest absolute Gasteiger partial charge is 0.339 e. The summed E-state index contributed by atoms with van der Waals surface area (Å²) in [5.41, 5.74) is 0.991.